The first-order valence-corrected chi connectivity index (χ1v) is 24.0. The molecule has 0 radical (unpaired) electrons. The van der Waals surface area contributed by atoms with Crippen LogP contribution in [0.25, 0.3) is 0 Å². The van der Waals surface area contributed by atoms with Gasteiger partial charge in [-0.05, 0) is 77.3 Å². The number of carbonyl (C=O) groups excluding carboxylic acids is 3. The van der Waals surface area contributed by atoms with Crippen LogP contribution in [-0.2, 0) is 32.8 Å². The largest absolute Gasteiger partial charge is 0.492 e. The molecule has 0 aromatic heterocycles. The van der Waals surface area contributed by atoms with Crippen LogP contribution in [0.4, 0.5) is 0 Å². The zero-order valence-electron chi connectivity index (χ0n) is 36.4. The Kier molecular flexibility index (Phi) is 16.8. The van der Waals surface area contributed by atoms with E-state index in [9.17, 15) is 19.5 Å². The highest BCUT2D eigenvalue weighted by Gasteiger charge is 2.57. The fraction of sp³-hybridized carbons (Fsp3) is 0.438. The Morgan fingerprint density at radius 2 is 1.06 bits per heavy atom. The number of hydrogen-bond acceptors (Lipinski definition) is 13. The highest BCUT2D eigenvalue weighted by atomic mass is 35.5. The number of aliphatic hydroxyl groups is 1. The lowest BCUT2D eigenvalue weighted by Crippen LogP contribution is -2.55. The molecule has 0 aliphatic carbocycles. The van der Waals surface area contributed by atoms with Gasteiger partial charge in [-0.2, -0.15) is 0 Å². The molecule has 13 nitrogen and oxygen atoms in total. The van der Waals surface area contributed by atoms with Crippen LogP contribution in [0, 0.1) is 0 Å². The summed E-state index contributed by atoms with van der Waals surface area (Å²) in [7, 11) is -2.76. The van der Waals surface area contributed by atoms with E-state index in [1.807, 2.05) is 0 Å². The molecule has 0 spiro atoms. The first-order chi connectivity index (χ1) is 30.3. The van der Waals surface area contributed by atoms with Crippen LogP contribution < -0.4 is 9.47 Å². The molecule has 63 heavy (non-hydrogen) atoms. The van der Waals surface area contributed by atoms with Crippen molar-refractivity contribution in [1.82, 2.24) is 0 Å². The van der Waals surface area contributed by atoms with Gasteiger partial charge in [-0.25, -0.2) is 14.4 Å². The van der Waals surface area contributed by atoms with E-state index < -0.39 is 75.4 Å². The van der Waals surface area contributed by atoms with Crippen LogP contribution in [0.3, 0.4) is 0 Å². The summed E-state index contributed by atoms with van der Waals surface area (Å²) in [4.78, 5) is 40.2. The number of benzene rings is 4. The van der Waals surface area contributed by atoms with Crippen LogP contribution in [-0.4, -0.2) is 106 Å². The Morgan fingerprint density at radius 3 is 1.56 bits per heavy atom. The maximum atomic E-state index is 13.9. The first kappa shape index (κ1) is 47.7. The quantitative estimate of drug-likeness (QED) is 0.0391. The fourth-order valence-corrected chi connectivity index (χ4v) is 14.0. The van der Waals surface area contributed by atoms with Gasteiger partial charge in [-0.15, -0.1) is 11.6 Å². The predicted octanol–water partition coefficient (Wildman–Crippen LogP) is 8.38. The molecule has 338 valence electrons. The minimum absolute atomic E-state index is 0.103. The van der Waals surface area contributed by atoms with E-state index in [-0.39, 0.29) is 35.4 Å². The minimum atomic E-state index is -2.76. The van der Waals surface area contributed by atoms with E-state index in [2.05, 4.69) is 41.5 Å². The van der Waals surface area contributed by atoms with E-state index in [0.29, 0.717) is 35.1 Å². The van der Waals surface area contributed by atoms with Crippen LogP contribution >= 0.6 is 11.6 Å². The molecule has 0 saturated carbocycles. The molecule has 1 unspecified atom stereocenters. The monoisotopic (exact) mass is 904 g/mol. The number of esters is 3. The van der Waals surface area contributed by atoms with Crippen LogP contribution in [0.2, 0.25) is 16.6 Å². The van der Waals surface area contributed by atoms with Gasteiger partial charge in [0.1, 0.15) is 55.7 Å². The number of hydrogen-bond donors (Lipinski definition) is 1. The van der Waals surface area contributed by atoms with Crippen molar-refractivity contribution in [3.63, 3.8) is 0 Å². The SMILES string of the molecule is CC(C)[Si](O[C@@H]1C(O[C@@H]2[C@@H](Oc3ccc(OCCCl)cc3)O[C@H](COC(=O)c3ccccc3)[C@H]2OC(=O)c2ccccc2)O[C@H](COC(=O)c2ccccc2)[C@H]1O)(C(C)C)C(C)C. The van der Waals surface area contributed by atoms with Gasteiger partial charge in [0, 0.05) is 0 Å². The third kappa shape index (κ3) is 11.7. The molecule has 2 fully saturated rings. The van der Waals surface area contributed by atoms with Gasteiger partial charge >= 0.3 is 17.9 Å². The average Bonchev–Trinajstić information content (AvgIpc) is 3.76. The second kappa shape index (κ2) is 22.2. The van der Waals surface area contributed by atoms with Crippen molar-refractivity contribution in [2.24, 2.45) is 0 Å². The summed E-state index contributed by atoms with van der Waals surface area (Å²) in [6.07, 6.45) is -9.77. The molecule has 4 aromatic rings. The smallest absolute Gasteiger partial charge is 0.338 e. The second-order valence-corrected chi connectivity index (χ2v) is 22.2. The Morgan fingerprint density at radius 1 is 0.603 bits per heavy atom. The molecule has 4 aromatic carbocycles. The van der Waals surface area contributed by atoms with Gasteiger partial charge in [0.05, 0.1) is 22.6 Å². The van der Waals surface area contributed by atoms with E-state index in [0.717, 1.165) is 0 Å². The molecular weight excluding hydrogens is 848 g/mol. The third-order valence-corrected chi connectivity index (χ3v) is 17.6. The Bertz CT molecular complexity index is 2030. The van der Waals surface area contributed by atoms with Gasteiger partial charge in [0.2, 0.25) is 14.6 Å². The molecule has 8 atom stereocenters. The molecule has 0 bridgehead atoms. The minimum Gasteiger partial charge on any atom is -0.492 e. The number of alkyl halides is 1. The van der Waals surface area contributed by atoms with Gasteiger partial charge < -0.3 is 47.4 Å². The standard InChI is InChI=1S/C48H57ClO13Si/c1-30(2)63(31(3)4,32(5)6)62-42-40(50)38(28-55-44(51)33-16-10-7-11-17-33)58-47(42)61-43-41(60-46(53)35-20-14-9-15-21-35)39(29-56-45(52)34-18-12-8-13-19-34)59-48(43)57-37-24-22-36(23-25-37)54-27-26-49/h7-25,30-32,38-43,47-48,50H,26-29H2,1-6H3/t38-,39-,40-,41-,42+,43+,47?,48+/m1/s1. The highest BCUT2D eigenvalue weighted by Crippen LogP contribution is 2.46. The zero-order chi connectivity index (χ0) is 45.1. The first-order valence-electron chi connectivity index (χ1n) is 21.3. The van der Waals surface area contributed by atoms with Gasteiger partial charge in [-0.3, -0.25) is 0 Å². The van der Waals surface area contributed by atoms with E-state index in [1.54, 1.807) is 115 Å². The summed E-state index contributed by atoms with van der Waals surface area (Å²) in [6.45, 7) is 12.3. The van der Waals surface area contributed by atoms with Gasteiger partial charge in [0.15, 0.2) is 18.5 Å². The van der Waals surface area contributed by atoms with Crippen molar-refractivity contribution < 1.29 is 61.8 Å². The van der Waals surface area contributed by atoms with Gasteiger partial charge in [0.25, 0.3) is 0 Å². The summed E-state index contributed by atoms with van der Waals surface area (Å²) in [5.41, 5.74) is 1.21. The summed E-state index contributed by atoms with van der Waals surface area (Å²) in [5.74, 6) is -0.706. The lowest BCUT2D eigenvalue weighted by atomic mass is 10.1. The lowest BCUT2D eigenvalue weighted by molar-refractivity contribution is -0.229. The summed E-state index contributed by atoms with van der Waals surface area (Å²) in [6, 6.07) is 32.1. The Hall–Kier alpha value is -4.80. The number of ether oxygens (including phenoxy) is 8. The van der Waals surface area contributed by atoms with Crippen LogP contribution in [0.15, 0.2) is 115 Å². The maximum absolute atomic E-state index is 13.9. The van der Waals surface area contributed by atoms with E-state index >= 15 is 0 Å². The van der Waals surface area contributed by atoms with Crippen molar-refractivity contribution in [1.29, 1.82) is 0 Å². The molecule has 2 aliphatic rings. The molecule has 15 heteroatoms. The fourth-order valence-electron chi connectivity index (χ4n) is 8.38. The summed E-state index contributed by atoms with van der Waals surface area (Å²) < 4.78 is 56.8. The van der Waals surface area contributed by atoms with E-state index in [4.69, 9.17) is 53.9 Å². The average molecular weight is 906 g/mol. The van der Waals surface area contributed by atoms with Crippen molar-refractivity contribution in [3.05, 3.63) is 132 Å². The molecular formula is C48H57ClO13Si. The lowest BCUT2D eigenvalue weighted by Gasteiger charge is -2.45. The number of carbonyl (C=O) groups is 3. The van der Waals surface area contributed by atoms with Crippen LogP contribution in [0.5, 0.6) is 11.5 Å². The zero-order valence-corrected chi connectivity index (χ0v) is 38.1. The van der Waals surface area contributed by atoms with Crippen molar-refractivity contribution in [2.45, 2.75) is 107 Å². The molecule has 2 heterocycles. The van der Waals surface area contributed by atoms with Gasteiger partial charge in [-0.1, -0.05) is 96.1 Å². The Labute approximate surface area is 374 Å². The maximum Gasteiger partial charge on any atom is 0.338 e. The molecule has 2 aliphatic heterocycles. The number of aliphatic hydroxyl groups excluding tert-OH is 1. The molecule has 6 rings (SSSR count). The normalized spacial score (nSPS) is 23.5. The molecule has 0 amide bonds. The molecule has 2 saturated heterocycles. The highest BCUT2D eigenvalue weighted by molar-refractivity contribution is 6.77. The topological polar surface area (TPSA) is 155 Å². The number of rotatable bonds is 20. The van der Waals surface area contributed by atoms with Crippen molar-refractivity contribution in [3.8, 4) is 11.5 Å². The second-order valence-electron chi connectivity index (χ2n) is 16.4. The summed E-state index contributed by atoms with van der Waals surface area (Å²) in [5, 5.41) is 12.1. The predicted molar refractivity (Wildman–Crippen MR) is 237 cm³/mol. The van der Waals surface area contributed by atoms with Crippen LogP contribution in [0.1, 0.15) is 72.6 Å². The van der Waals surface area contributed by atoms with Crippen molar-refractivity contribution in [2.75, 3.05) is 25.7 Å². The molecule has 1 N–H and O–H groups in total. The summed E-state index contributed by atoms with van der Waals surface area (Å²) >= 11 is 5.83. The number of halogens is 1. The Balaban J connectivity index is 1.37. The third-order valence-electron chi connectivity index (χ3n) is 11.4. The van der Waals surface area contributed by atoms with Crippen molar-refractivity contribution >= 4 is 37.8 Å². The van der Waals surface area contributed by atoms with E-state index in [1.165, 1.54) is 0 Å².